The van der Waals surface area contributed by atoms with Crippen molar-refractivity contribution in [3.63, 3.8) is 0 Å². The van der Waals surface area contributed by atoms with Gasteiger partial charge in [0.25, 0.3) is 0 Å². The molecule has 0 fully saturated rings. The molecule has 0 atom stereocenters. The Labute approximate surface area is 121 Å². The summed E-state index contributed by atoms with van der Waals surface area (Å²) < 4.78 is 12.0. The van der Waals surface area contributed by atoms with E-state index in [-0.39, 0.29) is 0 Å². The Morgan fingerprint density at radius 2 is 1.84 bits per heavy atom. The van der Waals surface area contributed by atoms with Gasteiger partial charge in [-0.1, -0.05) is 22.0 Å². The minimum Gasteiger partial charge on any atom is -0.495 e. The first-order chi connectivity index (χ1) is 9.10. The van der Waals surface area contributed by atoms with Crippen molar-refractivity contribution in [3.8, 4) is 11.5 Å². The molecule has 0 saturated heterocycles. The van der Waals surface area contributed by atoms with Crippen LogP contribution in [0.15, 0.2) is 40.9 Å². The van der Waals surface area contributed by atoms with Crippen molar-refractivity contribution in [3.05, 3.63) is 52.0 Å². The fourth-order valence-electron chi connectivity index (χ4n) is 1.81. The number of anilines is 1. The third kappa shape index (κ3) is 3.41. The number of nitrogen functional groups attached to an aromatic ring is 1. The molecular weight excluding hydrogens is 306 g/mol. The van der Waals surface area contributed by atoms with Crippen LogP contribution < -0.4 is 15.2 Å². The molecule has 19 heavy (non-hydrogen) atoms. The first-order valence-electron chi connectivity index (χ1n) is 5.91. The normalized spacial score (nSPS) is 10.3. The van der Waals surface area contributed by atoms with Gasteiger partial charge in [-0.2, -0.15) is 0 Å². The quantitative estimate of drug-likeness (QED) is 0.868. The van der Waals surface area contributed by atoms with E-state index in [1.54, 1.807) is 7.11 Å². The number of aryl methyl sites for hydroxylation is 1. The maximum absolute atomic E-state index is 5.86. The van der Waals surface area contributed by atoms with E-state index in [9.17, 15) is 0 Å². The zero-order chi connectivity index (χ0) is 13.8. The van der Waals surface area contributed by atoms with Crippen LogP contribution in [0.1, 0.15) is 11.1 Å². The molecule has 0 bridgehead atoms. The van der Waals surface area contributed by atoms with Crippen molar-refractivity contribution in [2.75, 3.05) is 12.8 Å². The van der Waals surface area contributed by atoms with E-state index in [2.05, 4.69) is 15.9 Å². The maximum atomic E-state index is 5.86. The van der Waals surface area contributed by atoms with E-state index in [1.807, 2.05) is 43.3 Å². The lowest BCUT2D eigenvalue weighted by Crippen LogP contribution is -1.99. The second-order valence-electron chi connectivity index (χ2n) is 4.27. The van der Waals surface area contributed by atoms with E-state index >= 15 is 0 Å². The summed E-state index contributed by atoms with van der Waals surface area (Å²) in [6.45, 7) is 2.50. The van der Waals surface area contributed by atoms with E-state index in [0.717, 1.165) is 21.3 Å². The molecule has 0 heterocycles. The fraction of sp³-hybridized carbons (Fsp3) is 0.200. The van der Waals surface area contributed by atoms with Gasteiger partial charge in [0.05, 0.1) is 12.8 Å². The SMILES string of the molecule is COc1ccc(COc2ccc(Br)cc2C)cc1N. The smallest absolute Gasteiger partial charge is 0.141 e. The van der Waals surface area contributed by atoms with E-state index < -0.39 is 0 Å². The number of hydrogen-bond donors (Lipinski definition) is 1. The van der Waals surface area contributed by atoms with Crippen molar-refractivity contribution in [2.45, 2.75) is 13.5 Å². The van der Waals surface area contributed by atoms with Crippen molar-refractivity contribution in [1.82, 2.24) is 0 Å². The number of rotatable bonds is 4. The van der Waals surface area contributed by atoms with Gasteiger partial charge in [-0.15, -0.1) is 0 Å². The van der Waals surface area contributed by atoms with Gasteiger partial charge in [-0.05, 0) is 48.4 Å². The molecule has 0 aliphatic carbocycles. The molecule has 0 radical (unpaired) electrons. The highest BCUT2D eigenvalue weighted by molar-refractivity contribution is 9.10. The molecule has 0 aliphatic heterocycles. The molecule has 100 valence electrons. The molecule has 0 amide bonds. The van der Waals surface area contributed by atoms with Crippen LogP contribution in [0, 0.1) is 6.92 Å². The fourth-order valence-corrected chi connectivity index (χ4v) is 2.28. The van der Waals surface area contributed by atoms with Crippen LogP contribution in [0.4, 0.5) is 5.69 Å². The Balaban J connectivity index is 2.08. The van der Waals surface area contributed by atoms with E-state index in [4.69, 9.17) is 15.2 Å². The summed E-state index contributed by atoms with van der Waals surface area (Å²) in [5, 5.41) is 0. The zero-order valence-corrected chi connectivity index (χ0v) is 12.5. The number of nitrogens with two attached hydrogens (primary N) is 1. The van der Waals surface area contributed by atoms with Gasteiger partial charge in [-0.25, -0.2) is 0 Å². The number of ether oxygens (including phenoxy) is 2. The summed E-state index contributed by atoms with van der Waals surface area (Å²) in [5.41, 5.74) is 8.59. The topological polar surface area (TPSA) is 44.5 Å². The minimum atomic E-state index is 0.483. The molecule has 0 unspecified atom stereocenters. The van der Waals surface area contributed by atoms with Crippen LogP contribution in [-0.4, -0.2) is 7.11 Å². The summed E-state index contributed by atoms with van der Waals surface area (Å²) in [4.78, 5) is 0. The minimum absolute atomic E-state index is 0.483. The molecular formula is C15H16BrNO2. The Morgan fingerprint density at radius 1 is 1.11 bits per heavy atom. The van der Waals surface area contributed by atoms with Crippen LogP contribution in [-0.2, 0) is 6.61 Å². The van der Waals surface area contributed by atoms with Gasteiger partial charge in [-0.3, -0.25) is 0 Å². The van der Waals surface area contributed by atoms with E-state index in [1.165, 1.54) is 0 Å². The maximum Gasteiger partial charge on any atom is 0.141 e. The Bertz CT molecular complexity index is 584. The average Bonchev–Trinajstić information content (AvgIpc) is 2.38. The number of methoxy groups -OCH3 is 1. The highest BCUT2D eigenvalue weighted by atomic mass is 79.9. The molecule has 2 rings (SSSR count). The standard InChI is InChI=1S/C15H16BrNO2/c1-10-7-12(16)4-6-14(10)19-9-11-3-5-15(18-2)13(17)8-11/h3-8H,9,17H2,1-2H3. The summed E-state index contributed by atoms with van der Waals surface area (Å²) in [6, 6.07) is 11.6. The average molecular weight is 322 g/mol. The lowest BCUT2D eigenvalue weighted by Gasteiger charge is -2.11. The number of halogens is 1. The second-order valence-corrected chi connectivity index (χ2v) is 5.19. The van der Waals surface area contributed by atoms with Gasteiger partial charge in [0.2, 0.25) is 0 Å². The highest BCUT2D eigenvalue weighted by Gasteiger charge is 2.03. The summed E-state index contributed by atoms with van der Waals surface area (Å²) >= 11 is 3.43. The summed E-state index contributed by atoms with van der Waals surface area (Å²) in [7, 11) is 1.60. The molecule has 2 aromatic carbocycles. The largest absolute Gasteiger partial charge is 0.495 e. The van der Waals surface area contributed by atoms with Crippen LogP contribution in [0.3, 0.4) is 0 Å². The summed E-state index contributed by atoms with van der Waals surface area (Å²) in [5.74, 6) is 1.56. The Hall–Kier alpha value is -1.68. The lowest BCUT2D eigenvalue weighted by molar-refractivity contribution is 0.304. The summed E-state index contributed by atoms with van der Waals surface area (Å²) in [6.07, 6.45) is 0. The highest BCUT2D eigenvalue weighted by Crippen LogP contribution is 2.25. The van der Waals surface area contributed by atoms with E-state index in [0.29, 0.717) is 18.0 Å². The van der Waals surface area contributed by atoms with Gasteiger partial charge in [0, 0.05) is 4.47 Å². The second kappa shape index (κ2) is 5.97. The lowest BCUT2D eigenvalue weighted by atomic mass is 10.2. The molecule has 2 aromatic rings. The van der Waals surface area contributed by atoms with Gasteiger partial charge >= 0.3 is 0 Å². The Morgan fingerprint density at radius 3 is 2.47 bits per heavy atom. The molecule has 0 saturated carbocycles. The van der Waals surface area contributed by atoms with Gasteiger partial charge in [0.15, 0.2) is 0 Å². The molecule has 3 nitrogen and oxygen atoms in total. The third-order valence-corrected chi connectivity index (χ3v) is 3.32. The predicted molar refractivity (Wildman–Crippen MR) is 80.6 cm³/mol. The van der Waals surface area contributed by atoms with Crippen LogP contribution in [0.2, 0.25) is 0 Å². The molecule has 0 aliphatic rings. The van der Waals surface area contributed by atoms with Crippen molar-refractivity contribution in [1.29, 1.82) is 0 Å². The van der Waals surface area contributed by atoms with Crippen molar-refractivity contribution >= 4 is 21.6 Å². The first kappa shape index (κ1) is 13.7. The molecule has 0 aromatic heterocycles. The van der Waals surface area contributed by atoms with Gasteiger partial charge in [0.1, 0.15) is 18.1 Å². The first-order valence-corrected chi connectivity index (χ1v) is 6.71. The van der Waals surface area contributed by atoms with Crippen molar-refractivity contribution in [2.24, 2.45) is 0 Å². The number of hydrogen-bond acceptors (Lipinski definition) is 3. The molecule has 4 heteroatoms. The van der Waals surface area contributed by atoms with Crippen LogP contribution >= 0.6 is 15.9 Å². The molecule has 0 spiro atoms. The monoisotopic (exact) mass is 321 g/mol. The van der Waals surface area contributed by atoms with Gasteiger partial charge < -0.3 is 15.2 Å². The zero-order valence-electron chi connectivity index (χ0n) is 10.9. The third-order valence-electron chi connectivity index (χ3n) is 2.83. The Kier molecular flexibility index (Phi) is 4.32. The van der Waals surface area contributed by atoms with Crippen molar-refractivity contribution < 1.29 is 9.47 Å². The van der Waals surface area contributed by atoms with Crippen LogP contribution in [0.5, 0.6) is 11.5 Å². The predicted octanol–water partition coefficient (Wildman–Crippen LogP) is 3.93. The number of benzene rings is 2. The molecule has 2 N–H and O–H groups in total. The van der Waals surface area contributed by atoms with Crippen LogP contribution in [0.25, 0.3) is 0 Å².